The fraction of sp³-hybridized carbons (Fsp3) is 0.438. The molecular formula is C16H19N7O. The van der Waals surface area contributed by atoms with Gasteiger partial charge in [0.15, 0.2) is 0 Å². The van der Waals surface area contributed by atoms with Gasteiger partial charge in [-0.25, -0.2) is 15.0 Å². The van der Waals surface area contributed by atoms with E-state index in [1.165, 1.54) is 0 Å². The Morgan fingerprint density at radius 1 is 1.38 bits per heavy atom. The molecule has 1 saturated heterocycles. The first kappa shape index (κ1) is 15.9. The van der Waals surface area contributed by atoms with Gasteiger partial charge in [0.2, 0.25) is 11.9 Å². The Balaban J connectivity index is 1.78. The molecule has 2 aromatic heterocycles. The van der Waals surface area contributed by atoms with Crippen molar-refractivity contribution in [1.29, 1.82) is 5.26 Å². The standard InChI is InChI=1S/C16H19N7O/c1-22-8-7-18-15(22)14-11(3-4-13(24)23(14)2)10-20-16-19-6-5-12(9-17)21-16/h5-8,11,14H,3-4,10H2,1-2H3,(H,19,20,21)/t11-,14+/m1/s1. The fourth-order valence-corrected chi connectivity index (χ4v) is 3.10. The van der Waals surface area contributed by atoms with Crippen LogP contribution in [-0.4, -0.2) is 43.9 Å². The van der Waals surface area contributed by atoms with Gasteiger partial charge in [0.1, 0.15) is 17.6 Å². The average molecular weight is 325 g/mol. The van der Waals surface area contributed by atoms with Crippen LogP contribution < -0.4 is 5.32 Å². The number of piperidine rings is 1. The van der Waals surface area contributed by atoms with E-state index in [2.05, 4.69) is 20.3 Å². The van der Waals surface area contributed by atoms with Crippen molar-refractivity contribution in [3.63, 3.8) is 0 Å². The maximum Gasteiger partial charge on any atom is 0.223 e. The number of nitrogens with one attached hydrogen (secondary N) is 1. The number of nitrogens with zero attached hydrogens (tertiary/aromatic N) is 6. The molecule has 0 aromatic carbocycles. The normalized spacial score (nSPS) is 20.7. The average Bonchev–Trinajstić information content (AvgIpc) is 3.01. The van der Waals surface area contributed by atoms with Gasteiger partial charge in [-0.1, -0.05) is 0 Å². The van der Waals surface area contributed by atoms with Gasteiger partial charge in [0, 0.05) is 51.6 Å². The van der Waals surface area contributed by atoms with Gasteiger partial charge >= 0.3 is 0 Å². The lowest BCUT2D eigenvalue weighted by Crippen LogP contribution is -2.43. The van der Waals surface area contributed by atoms with Crippen molar-refractivity contribution in [3.8, 4) is 6.07 Å². The molecule has 0 unspecified atom stereocenters. The van der Waals surface area contributed by atoms with Gasteiger partial charge in [0.25, 0.3) is 0 Å². The van der Waals surface area contributed by atoms with Crippen molar-refractivity contribution in [3.05, 3.63) is 36.2 Å². The summed E-state index contributed by atoms with van der Waals surface area (Å²) in [5.41, 5.74) is 0.323. The minimum absolute atomic E-state index is 0.0992. The van der Waals surface area contributed by atoms with Crippen LogP contribution in [0.4, 0.5) is 5.95 Å². The second-order valence-electron chi connectivity index (χ2n) is 5.90. The van der Waals surface area contributed by atoms with Crippen molar-refractivity contribution in [2.75, 3.05) is 18.9 Å². The van der Waals surface area contributed by atoms with Crippen LogP contribution in [0.2, 0.25) is 0 Å². The number of nitriles is 1. The van der Waals surface area contributed by atoms with Crippen LogP contribution in [0.5, 0.6) is 0 Å². The highest BCUT2D eigenvalue weighted by molar-refractivity contribution is 5.77. The predicted molar refractivity (Wildman–Crippen MR) is 86.7 cm³/mol. The summed E-state index contributed by atoms with van der Waals surface area (Å²) in [5.74, 6) is 1.60. The van der Waals surface area contributed by atoms with Crippen LogP contribution >= 0.6 is 0 Å². The summed E-state index contributed by atoms with van der Waals surface area (Å²) in [6, 6.07) is 3.46. The van der Waals surface area contributed by atoms with Gasteiger partial charge in [-0.05, 0) is 12.5 Å². The molecule has 2 atom stereocenters. The molecule has 0 saturated carbocycles. The monoisotopic (exact) mass is 325 g/mol. The molecule has 3 rings (SSSR count). The highest BCUT2D eigenvalue weighted by Crippen LogP contribution is 2.34. The maximum atomic E-state index is 12.1. The molecule has 8 nitrogen and oxygen atoms in total. The van der Waals surface area contributed by atoms with E-state index in [0.717, 1.165) is 12.2 Å². The molecule has 124 valence electrons. The van der Waals surface area contributed by atoms with E-state index in [4.69, 9.17) is 5.26 Å². The topological polar surface area (TPSA) is 99.7 Å². The Bertz CT molecular complexity index is 779. The number of carbonyl (C=O) groups is 1. The molecule has 1 N–H and O–H groups in total. The first-order chi connectivity index (χ1) is 11.6. The summed E-state index contributed by atoms with van der Waals surface area (Å²) in [4.78, 5) is 26.6. The van der Waals surface area contributed by atoms with E-state index in [1.54, 1.807) is 23.4 Å². The van der Waals surface area contributed by atoms with Crippen molar-refractivity contribution in [2.45, 2.75) is 18.9 Å². The Morgan fingerprint density at radius 2 is 2.21 bits per heavy atom. The van der Waals surface area contributed by atoms with Gasteiger partial charge in [-0.15, -0.1) is 0 Å². The number of carbonyl (C=O) groups excluding carboxylic acids is 1. The Hall–Kier alpha value is -2.95. The lowest BCUT2D eigenvalue weighted by molar-refractivity contribution is -0.137. The number of aromatic nitrogens is 4. The summed E-state index contributed by atoms with van der Waals surface area (Å²) < 4.78 is 1.94. The molecule has 0 aliphatic carbocycles. The second-order valence-corrected chi connectivity index (χ2v) is 5.90. The van der Waals surface area contributed by atoms with E-state index in [1.807, 2.05) is 30.9 Å². The van der Waals surface area contributed by atoms with Crippen molar-refractivity contribution in [1.82, 2.24) is 24.4 Å². The molecule has 1 aliphatic heterocycles. The Kier molecular flexibility index (Phi) is 4.42. The number of aryl methyl sites for hydroxylation is 1. The van der Waals surface area contributed by atoms with Crippen molar-refractivity contribution < 1.29 is 4.79 Å². The second kappa shape index (κ2) is 6.66. The molecule has 0 spiro atoms. The molecule has 0 bridgehead atoms. The predicted octanol–water partition coefficient (Wildman–Crippen LogP) is 1.10. The SMILES string of the molecule is CN1C(=O)CC[C@H](CNc2nccc(C#N)n2)[C@H]1c1nccn1C. The highest BCUT2D eigenvalue weighted by atomic mass is 16.2. The van der Waals surface area contributed by atoms with Crippen molar-refractivity contribution in [2.24, 2.45) is 13.0 Å². The lowest BCUT2D eigenvalue weighted by Gasteiger charge is -2.38. The van der Waals surface area contributed by atoms with E-state index < -0.39 is 0 Å². The summed E-state index contributed by atoms with van der Waals surface area (Å²) in [6.07, 6.45) is 6.47. The van der Waals surface area contributed by atoms with E-state index in [-0.39, 0.29) is 17.9 Å². The quantitative estimate of drug-likeness (QED) is 0.903. The summed E-state index contributed by atoms with van der Waals surface area (Å²) in [6.45, 7) is 0.601. The van der Waals surface area contributed by atoms with Crippen LogP contribution in [0.15, 0.2) is 24.7 Å². The Morgan fingerprint density at radius 3 is 2.92 bits per heavy atom. The van der Waals surface area contributed by atoms with Crippen molar-refractivity contribution >= 4 is 11.9 Å². The van der Waals surface area contributed by atoms with E-state index in [9.17, 15) is 4.79 Å². The molecule has 1 aliphatic rings. The largest absolute Gasteiger partial charge is 0.354 e. The zero-order chi connectivity index (χ0) is 17.1. The molecule has 8 heteroatoms. The minimum Gasteiger partial charge on any atom is -0.354 e. The molecule has 24 heavy (non-hydrogen) atoms. The zero-order valence-electron chi connectivity index (χ0n) is 13.7. The lowest BCUT2D eigenvalue weighted by atomic mass is 9.88. The van der Waals surface area contributed by atoms with Crippen LogP contribution in [0.25, 0.3) is 0 Å². The Labute approximate surface area is 140 Å². The minimum atomic E-state index is -0.0992. The number of hydrogen-bond acceptors (Lipinski definition) is 6. The summed E-state index contributed by atoms with van der Waals surface area (Å²) >= 11 is 0. The van der Waals surface area contributed by atoms with E-state index >= 15 is 0 Å². The maximum absolute atomic E-state index is 12.1. The molecule has 1 fully saturated rings. The highest BCUT2D eigenvalue weighted by Gasteiger charge is 2.36. The number of rotatable bonds is 4. The number of hydrogen-bond donors (Lipinski definition) is 1. The number of anilines is 1. The smallest absolute Gasteiger partial charge is 0.223 e. The summed E-state index contributed by atoms with van der Waals surface area (Å²) in [7, 11) is 3.75. The molecule has 0 radical (unpaired) electrons. The summed E-state index contributed by atoms with van der Waals surface area (Å²) in [5, 5.41) is 12.1. The van der Waals surface area contributed by atoms with Gasteiger partial charge in [-0.2, -0.15) is 5.26 Å². The van der Waals surface area contributed by atoms with E-state index in [0.29, 0.717) is 24.6 Å². The molecule has 3 heterocycles. The first-order valence-corrected chi connectivity index (χ1v) is 7.80. The van der Waals surface area contributed by atoms with Gasteiger partial charge in [0.05, 0.1) is 6.04 Å². The van der Waals surface area contributed by atoms with Gasteiger partial charge < -0.3 is 14.8 Å². The fourth-order valence-electron chi connectivity index (χ4n) is 3.10. The third-order valence-corrected chi connectivity index (χ3v) is 4.40. The third-order valence-electron chi connectivity index (χ3n) is 4.40. The zero-order valence-corrected chi connectivity index (χ0v) is 13.7. The molecular weight excluding hydrogens is 306 g/mol. The van der Waals surface area contributed by atoms with Gasteiger partial charge in [-0.3, -0.25) is 4.79 Å². The third kappa shape index (κ3) is 3.06. The van der Waals surface area contributed by atoms with Crippen LogP contribution in [0.3, 0.4) is 0 Å². The number of imidazole rings is 1. The molecule has 2 aromatic rings. The van der Waals surface area contributed by atoms with Crippen LogP contribution in [0.1, 0.15) is 30.4 Å². The first-order valence-electron chi connectivity index (χ1n) is 7.80. The van der Waals surface area contributed by atoms with Crippen LogP contribution in [0, 0.1) is 17.2 Å². The molecule has 1 amide bonds. The number of amides is 1. The number of likely N-dealkylation sites (tertiary alicyclic amines) is 1. The van der Waals surface area contributed by atoms with Crippen LogP contribution in [-0.2, 0) is 11.8 Å².